The number of carbonyl (C=O) groups is 4. The maximum atomic E-state index is 13.1. The molecule has 2 heterocycles. The van der Waals surface area contributed by atoms with Crippen LogP contribution in [0.2, 0.25) is 0 Å². The number of amides is 5. The zero-order valence-corrected chi connectivity index (χ0v) is 17.0. The first kappa shape index (κ1) is 19.9. The molecule has 1 spiro atoms. The Morgan fingerprint density at radius 2 is 1.81 bits per heavy atom. The number of hydrogen-bond donors (Lipinski definition) is 3. The van der Waals surface area contributed by atoms with Crippen molar-refractivity contribution in [1.82, 2.24) is 21.1 Å². The molecule has 3 N–H and O–H groups in total. The van der Waals surface area contributed by atoms with Gasteiger partial charge in [-0.2, -0.15) is 0 Å². The van der Waals surface area contributed by atoms with Gasteiger partial charge < -0.3 is 14.8 Å². The Bertz CT molecular complexity index is 1150. The number of nitrogens with one attached hydrogen (secondary N) is 3. The van der Waals surface area contributed by atoms with Crippen LogP contribution >= 0.6 is 0 Å². The van der Waals surface area contributed by atoms with Crippen molar-refractivity contribution in [2.75, 3.05) is 19.8 Å². The van der Waals surface area contributed by atoms with E-state index in [-0.39, 0.29) is 5.56 Å². The van der Waals surface area contributed by atoms with E-state index < -0.39 is 35.8 Å². The number of fused-ring (bicyclic) bond motifs is 3. The molecule has 0 aromatic heterocycles. The van der Waals surface area contributed by atoms with Gasteiger partial charge in [0.25, 0.3) is 17.7 Å². The van der Waals surface area contributed by atoms with Crippen molar-refractivity contribution < 1.29 is 28.7 Å². The fourth-order valence-corrected chi connectivity index (χ4v) is 4.30. The molecule has 32 heavy (non-hydrogen) atoms. The molecule has 3 aliphatic rings. The molecule has 0 saturated carbocycles. The Morgan fingerprint density at radius 3 is 2.66 bits per heavy atom. The average molecular weight is 436 g/mol. The van der Waals surface area contributed by atoms with Crippen LogP contribution in [0.5, 0.6) is 11.5 Å². The quantitative estimate of drug-likeness (QED) is 0.478. The summed E-state index contributed by atoms with van der Waals surface area (Å²) in [7, 11) is 0. The highest BCUT2D eigenvalue weighted by Gasteiger charge is 2.55. The first-order valence-corrected chi connectivity index (χ1v) is 10.2. The molecule has 1 unspecified atom stereocenters. The van der Waals surface area contributed by atoms with Crippen LogP contribution in [0.1, 0.15) is 27.9 Å². The van der Waals surface area contributed by atoms with Crippen LogP contribution in [0.4, 0.5) is 4.79 Å². The van der Waals surface area contributed by atoms with Crippen molar-refractivity contribution in [2.45, 2.75) is 18.4 Å². The number of hydrogen-bond acceptors (Lipinski definition) is 6. The minimum Gasteiger partial charge on any atom is -0.486 e. The smallest absolute Gasteiger partial charge is 0.325 e. The van der Waals surface area contributed by atoms with Crippen molar-refractivity contribution in [2.24, 2.45) is 0 Å². The lowest BCUT2D eigenvalue weighted by Crippen LogP contribution is -2.48. The summed E-state index contributed by atoms with van der Waals surface area (Å²) in [5, 5.41) is 2.75. The molecular formula is C22H20N4O6. The van der Waals surface area contributed by atoms with Gasteiger partial charge in [-0.1, -0.05) is 24.3 Å². The van der Waals surface area contributed by atoms with Crippen molar-refractivity contribution >= 4 is 23.8 Å². The molecule has 5 amide bonds. The summed E-state index contributed by atoms with van der Waals surface area (Å²) < 4.78 is 10.9. The third kappa shape index (κ3) is 3.20. The highest BCUT2D eigenvalue weighted by molar-refractivity contribution is 6.10. The van der Waals surface area contributed by atoms with Crippen LogP contribution in [0.3, 0.4) is 0 Å². The Morgan fingerprint density at radius 1 is 1.03 bits per heavy atom. The van der Waals surface area contributed by atoms with Gasteiger partial charge in [-0.05, 0) is 42.2 Å². The molecule has 10 heteroatoms. The first-order valence-electron chi connectivity index (χ1n) is 10.2. The minimum absolute atomic E-state index is 0.256. The van der Waals surface area contributed by atoms with Crippen LogP contribution < -0.4 is 25.6 Å². The normalized spacial score (nSPS) is 20.7. The number of urea groups is 1. The predicted octanol–water partition coefficient (Wildman–Crippen LogP) is 0.612. The van der Waals surface area contributed by atoms with E-state index in [0.717, 1.165) is 16.0 Å². The predicted molar refractivity (Wildman–Crippen MR) is 110 cm³/mol. The highest BCUT2D eigenvalue weighted by Crippen LogP contribution is 2.41. The van der Waals surface area contributed by atoms with E-state index >= 15 is 0 Å². The highest BCUT2D eigenvalue weighted by atomic mass is 16.6. The van der Waals surface area contributed by atoms with Crippen molar-refractivity contribution in [1.29, 1.82) is 0 Å². The second-order valence-electron chi connectivity index (χ2n) is 7.74. The van der Waals surface area contributed by atoms with Gasteiger partial charge in [0.05, 0.1) is 0 Å². The zero-order valence-electron chi connectivity index (χ0n) is 17.0. The fourth-order valence-electron chi connectivity index (χ4n) is 4.30. The standard InChI is InChI=1S/C22H20N4O6/c27-18(24-25-19(28)14-5-6-16-17(11-14)32-10-9-31-16)12-26-20(29)22(23-21(26)30)8-7-13-3-1-2-4-15(13)22/h1-6,11H,7-10,12H2,(H,23,30)(H,24,27)(H,25,28). The summed E-state index contributed by atoms with van der Waals surface area (Å²) in [6, 6.07) is 11.5. The Labute approximate surface area is 182 Å². The van der Waals surface area contributed by atoms with Gasteiger partial charge in [-0.15, -0.1) is 0 Å². The van der Waals surface area contributed by atoms with Crippen molar-refractivity contribution in [3.63, 3.8) is 0 Å². The van der Waals surface area contributed by atoms with Gasteiger partial charge in [0.1, 0.15) is 25.3 Å². The topological polar surface area (TPSA) is 126 Å². The average Bonchev–Trinajstić information content (AvgIpc) is 3.30. The number of benzene rings is 2. The Kier molecular flexibility index (Phi) is 4.69. The van der Waals surface area contributed by atoms with Gasteiger partial charge in [-0.25, -0.2) is 4.79 Å². The summed E-state index contributed by atoms with van der Waals surface area (Å²) in [6.07, 6.45) is 1.10. The van der Waals surface area contributed by atoms with E-state index in [1.807, 2.05) is 24.3 Å². The van der Waals surface area contributed by atoms with Gasteiger partial charge in [0, 0.05) is 5.56 Å². The van der Waals surface area contributed by atoms with Crippen LogP contribution in [0.15, 0.2) is 42.5 Å². The summed E-state index contributed by atoms with van der Waals surface area (Å²) in [4.78, 5) is 51.2. The first-order chi connectivity index (χ1) is 15.5. The molecule has 10 nitrogen and oxygen atoms in total. The number of rotatable bonds is 3. The number of nitrogens with zero attached hydrogens (tertiary/aromatic N) is 1. The van der Waals surface area contributed by atoms with Crippen molar-refractivity contribution in [3.8, 4) is 11.5 Å². The lowest BCUT2D eigenvalue weighted by atomic mass is 9.92. The Balaban J connectivity index is 1.22. The number of imide groups is 1. The van der Waals surface area contributed by atoms with Gasteiger partial charge in [0.2, 0.25) is 0 Å². The summed E-state index contributed by atoms with van der Waals surface area (Å²) in [6.45, 7) is 0.299. The van der Waals surface area contributed by atoms with E-state index in [4.69, 9.17) is 9.47 Å². The second kappa shape index (κ2) is 7.56. The second-order valence-corrected chi connectivity index (χ2v) is 7.74. The van der Waals surface area contributed by atoms with E-state index in [1.165, 1.54) is 12.1 Å². The van der Waals surface area contributed by atoms with E-state index in [1.54, 1.807) is 6.07 Å². The molecule has 2 aromatic carbocycles. The summed E-state index contributed by atoms with van der Waals surface area (Å²) in [5.41, 5.74) is 5.40. The molecule has 5 rings (SSSR count). The minimum atomic E-state index is -1.14. The van der Waals surface area contributed by atoms with Gasteiger partial charge in [-0.3, -0.25) is 30.1 Å². The number of hydrazine groups is 1. The number of aryl methyl sites for hydroxylation is 1. The molecular weight excluding hydrogens is 416 g/mol. The van der Waals surface area contributed by atoms with E-state index in [9.17, 15) is 19.2 Å². The SMILES string of the molecule is O=C(CN1C(=O)NC2(CCc3ccccc32)C1=O)NNC(=O)c1ccc2c(c1)OCCO2. The maximum Gasteiger partial charge on any atom is 0.325 e. The van der Waals surface area contributed by atoms with Crippen LogP contribution in [0.25, 0.3) is 0 Å². The molecule has 1 fully saturated rings. The number of ether oxygens (including phenoxy) is 2. The van der Waals surface area contributed by atoms with E-state index in [0.29, 0.717) is 37.6 Å². The third-order valence-corrected chi connectivity index (χ3v) is 5.84. The van der Waals surface area contributed by atoms with Crippen molar-refractivity contribution in [3.05, 3.63) is 59.2 Å². The lowest BCUT2D eigenvalue weighted by molar-refractivity contribution is -0.135. The maximum absolute atomic E-state index is 13.1. The van der Waals surface area contributed by atoms with E-state index in [2.05, 4.69) is 16.2 Å². The Hall–Kier alpha value is -4.08. The molecule has 2 aliphatic heterocycles. The molecule has 0 radical (unpaired) electrons. The third-order valence-electron chi connectivity index (χ3n) is 5.84. The summed E-state index contributed by atoms with van der Waals surface area (Å²) >= 11 is 0. The molecule has 164 valence electrons. The molecule has 1 atom stereocenters. The fraction of sp³-hybridized carbons (Fsp3) is 0.273. The molecule has 1 saturated heterocycles. The molecule has 0 bridgehead atoms. The van der Waals surface area contributed by atoms with Gasteiger partial charge in [0.15, 0.2) is 11.5 Å². The monoisotopic (exact) mass is 436 g/mol. The largest absolute Gasteiger partial charge is 0.486 e. The summed E-state index contributed by atoms with van der Waals surface area (Å²) in [5.74, 6) is -0.772. The molecule has 1 aliphatic carbocycles. The molecule has 2 aromatic rings. The van der Waals surface area contributed by atoms with Crippen LogP contribution in [-0.4, -0.2) is 48.4 Å². The van der Waals surface area contributed by atoms with Crippen LogP contribution in [0, 0.1) is 0 Å². The lowest BCUT2D eigenvalue weighted by Gasteiger charge is -2.22. The van der Waals surface area contributed by atoms with Gasteiger partial charge >= 0.3 is 6.03 Å². The van der Waals surface area contributed by atoms with Crippen LogP contribution in [-0.2, 0) is 21.5 Å². The zero-order chi connectivity index (χ0) is 22.3. The number of carbonyl (C=O) groups excluding carboxylic acids is 4.